The lowest BCUT2D eigenvalue weighted by Crippen LogP contribution is -2.16. The first-order valence-electron chi connectivity index (χ1n) is 15.9. The van der Waals surface area contributed by atoms with E-state index < -0.39 is 0 Å². The highest BCUT2D eigenvalue weighted by Gasteiger charge is 2.39. The van der Waals surface area contributed by atoms with Crippen molar-refractivity contribution >= 4 is 32.3 Å². The van der Waals surface area contributed by atoms with Crippen LogP contribution in [0.15, 0.2) is 158 Å². The second-order valence-electron chi connectivity index (χ2n) is 12.9. The van der Waals surface area contributed by atoms with Crippen LogP contribution in [0.1, 0.15) is 25.0 Å². The van der Waals surface area contributed by atoms with E-state index >= 15 is 0 Å². The Morgan fingerprint density at radius 2 is 0.844 bits per heavy atom. The molecule has 45 heavy (non-hydrogen) atoms. The van der Waals surface area contributed by atoms with Crippen molar-refractivity contribution in [2.24, 2.45) is 0 Å². The SMILES string of the molecule is CC1(C)c2ccccc2-c2cc3ccccc3c(-c3c4ccccc4c(-c4ccc(-c5ccccc5)cc4)c4ccccc34)c21. The highest BCUT2D eigenvalue weighted by Crippen LogP contribution is 2.56. The highest BCUT2D eigenvalue weighted by molar-refractivity contribution is 6.24. The van der Waals surface area contributed by atoms with E-state index in [-0.39, 0.29) is 5.41 Å². The van der Waals surface area contributed by atoms with Crippen molar-refractivity contribution in [1.29, 1.82) is 0 Å². The predicted octanol–water partition coefficient (Wildman–Crippen LogP) is 12.5. The van der Waals surface area contributed by atoms with Crippen LogP contribution in [0.4, 0.5) is 0 Å². The molecule has 0 N–H and O–H groups in total. The van der Waals surface area contributed by atoms with Crippen molar-refractivity contribution in [2.75, 3.05) is 0 Å². The van der Waals surface area contributed by atoms with Gasteiger partial charge in [0, 0.05) is 5.41 Å². The first kappa shape index (κ1) is 26.0. The maximum atomic E-state index is 2.43. The number of hydrogen-bond donors (Lipinski definition) is 0. The minimum absolute atomic E-state index is 0.139. The topological polar surface area (TPSA) is 0 Å². The van der Waals surface area contributed by atoms with Gasteiger partial charge in [-0.3, -0.25) is 0 Å². The summed E-state index contributed by atoms with van der Waals surface area (Å²) in [5.74, 6) is 0. The summed E-state index contributed by atoms with van der Waals surface area (Å²) < 4.78 is 0. The molecule has 9 rings (SSSR count). The number of fused-ring (bicyclic) bond motifs is 6. The highest BCUT2D eigenvalue weighted by atomic mass is 14.4. The number of benzene rings is 8. The summed E-state index contributed by atoms with van der Waals surface area (Å²) in [5, 5.41) is 7.76. The molecule has 0 fully saturated rings. The third-order valence-corrected chi connectivity index (χ3v) is 10.0. The van der Waals surface area contributed by atoms with Crippen molar-refractivity contribution in [3.8, 4) is 44.5 Å². The largest absolute Gasteiger partial charge is 0.0622 e. The molecule has 212 valence electrons. The molecule has 8 aromatic rings. The van der Waals surface area contributed by atoms with E-state index in [0.29, 0.717) is 0 Å². The summed E-state index contributed by atoms with van der Waals surface area (Å²) in [4.78, 5) is 0. The Kier molecular flexibility index (Phi) is 5.64. The fourth-order valence-electron chi connectivity index (χ4n) is 8.04. The molecular weight excluding hydrogens is 540 g/mol. The molecule has 8 aromatic carbocycles. The van der Waals surface area contributed by atoms with Crippen LogP contribution in [0.5, 0.6) is 0 Å². The molecule has 0 aromatic heterocycles. The van der Waals surface area contributed by atoms with Crippen LogP contribution >= 0.6 is 0 Å². The molecule has 1 aliphatic carbocycles. The van der Waals surface area contributed by atoms with Crippen molar-refractivity contribution < 1.29 is 0 Å². The smallest absolute Gasteiger partial charge is 0.0165 e. The van der Waals surface area contributed by atoms with E-state index in [1.807, 2.05) is 0 Å². The van der Waals surface area contributed by atoms with Gasteiger partial charge in [0.15, 0.2) is 0 Å². The van der Waals surface area contributed by atoms with E-state index in [1.165, 1.54) is 88.0 Å². The monoisotopic (exact) mass is 572 g/mol. The van der Waals surface area contributed by atoms with Crippen molar-refractivity contribution in [2.45, 2.75) is 19.3 Å². The Bertz CT molecular complexity index is 2370. The maximum absolute atomic E-state index is 2.43. The lowest BCUT2D eigenvalue weighted by Gasteiger charge is -2.27. The van der Waals surface area contributed by atoms with E-state index in [0.717, 1.165) is 0 Å². The normalized spacial score (nSPS) is 13.3. The Labute approximate surface area is 264 Å². The van der Waals surface area contributed by atoms with Crippen LogP contribution in [0.3, 0.4) is 0 Å². The van der Waals surface area contributed by atoms with E-state index in [9.17, 15) is 0 Å². The van der Waals surface area contributed by atoms with Crippen LogP contribution < -0.4 is 0 Å². The van der Waals surface area contributed by atoms with E-state index in [2.05, 4.69) is 172 Å². The van der Waals surface area contributed by atoms with Gasteiger partial charge in [0.2, 0.25) is 0 Å². The Hall–Kier alpha value is -5.46. The maximum Gasteiger partial charge on any atom is 0.0165 e. The summed E-state index contributed by atoms with van der Waals surface area (Å²) in [7, 11) is 0. The Morgan fingerprint density at radius 1 is 0.356 bits per heavy atom. The fourth-order valence-corrected chi connectivity index (χ4v) is 8.04. The van der Waals surface area contributed by atoms with E-state index in [4.69, 9.17) is 0 Å². The molecule has 0 saturated carbocycles. The summed E-state index contributed by atoms with van der Waals surface area (Å²) in [6.45, 7) is 4.81. The van der Waals surface area contributed by atoms with Gasteiger partial charge in [0.25, 0.3) is 0 Å². The molecule has 0 amide bonds. The van der Waals surface area contributed by atoms with Gasteiger partial charge in [-0.15, -0.1) is 0 Å². The molecule has 0 aliphatic heterocycles. The molecule has 0 atom stereocenters. The number of rotatable bonds is 3. The first-order chi connectivity index (χ1) is 22.1. The van der Waals surface area contributed by atoms with Gasteiger partial charge >= 0.3 is 0 Å². The van der Waals surface area contributed by atoms with Gasteiger partial charge in [0.1, 0.15) is 0 Å². The standard InChI is InChI=1S/C45H32/c1-45(2)40-23-13-12-18-34(40)39-28-32-16-6-7-17-33(32)43(44(39)45)42-37-21-10-8-19-35(37)41(36-20-9-11-22-38(36)42)31-26-24-30(25-27-31)29-14-4-3-5-15-29/h3-28H,1-2H3. The van der Waals surface area contributed by atoms with Crippen LogP contribution in [0.2, 0.25) is 0 Å². The first-order valence-corrected chi connectivity index (χ1v) is 15.9. The number of hydrogen-bond acceptors (Lipinski definition) is 0. The van der Waals surface area contributed by atoms with Crippen LogP contribution in [-0.2, 0) is 5.41 Å². The molecule has 0 unspecified atom stereocenters. The molecule has 0 heterocycles. The summed E-state index contributed by atoms with van der Waals surface area (Å²) in [5.41, 5.74) is 13.1. The third kappa shape index (κ3) is 3.79. The van der Waals surface area contributed by atoms with Crippen molar-refractivity contribution in [3.63, 3.8) is 0 Å². The molecule has 0 nitrogen and oxygen atoms in total. The minimum atomic E-state index is -0.139. The van der Waals surface area contributed by atoms with Gasteiger partial charge < -0.3 is 0 Å². The Morgan fingerprint density at radius 3 is 1.51 bits per heavy atom. The van der Waals surface area contributed by atoms with Gasteiger partial charge in [-0.05, 0) is 94.0 Å². The zero-order chi connectivity index (χ0) is 30.1. The van der Waals surface area contributed by atoms with Gasteiger partial charge in [0.05, 0.1) is 0 Å². The van der Waals surface area contributed by atoms with Gasteiger partial charge in [-0.25, -0.2) is 0 Å². The lowest BCUT2D eigenvalue weighted by molar-refractivity contribution is 0.663. The molecule has 0 bridgehead atoms. The van der Waals surface area contributed by atoms with Crippen molar-refractivity contribution in [3.05, 3.63) is 169 Å². The second-order valence-corrected chi connectivity index (χ2v) is 12.9. The molecule has 1 aliphatic rings. The summed E-state index contributed by atoms with van der Waals surface area (Å²) >= 11 is 0. The van der Waals surface area contributed by atoms with E-state index in [1.54, 1.807) is 0 Å². The molecular formula is C45H32. The van der Waals surface area contributed by atoms with Crippen LogP contribution in [-0.4, -0.2) is 0 Å². The molecule has 0 radical (unpaired) electrons. The Balaban J connectivity index is 1.40. The zero-order valence-electron chi connectivity index (χ0n) is 25.5. The second kappa shape index (κ2) is 9.78. The molecule has 0 spiro atoms. The average Bonchev–Trinajstić information content (AvgIpc) is 3.32. The minimum Gasteiger partial charge on any atom is -0.0622 e. The van der Waals surface area contributed by atoms with Crippen LogP contribution in [0.25, 0.3) is 76.8 Å². The fraction of sp³-hybridized carbons (Fsp3) is 0.0667. The lowest BCUT2D eigenvalue weighted by atomic mass is 9.75. The zero-order valence-corrected chi connectivity index (χ0v) is 25.5. The predicted molar refractivity (Wildman–Crippen MR) is 193 cm³/mol. The molecule has 0 saturated heterocycles. The summed E-state index contributed by atoms with van der Waals surface area (Å²) in [6.07, 6.45) is 0. The average molecular weight is 573 g/mol. The van der Waals surface area contributed by atoms with Gasteiger partial charge in [-0.1, -0.05) is 166 Å². The third-order valence-electron chi connectivity index (χ3n) is 10.0. The van der Waals surface area contributed by atoms with Gasteiger partial charge in [-0.2, -0.15) is 0 Å². The summed E-state index contributed by atoms with van der Waals surface area (Å²) in [6, 6.07) is 58.2. The quantitative estimate of drug-likeness (QED) is 0.185. The molecule has 0 heteroatoms. The van der Waals surface area contributed by atoms with Crippen molar-refractivity contribution in [1.82, 2.24) is 0 Å². The van der Waals surface area contributed by atoms with Crippen LogP contribution in [0, 0.1) is 0 Å².